The van der Waals surface area contributed by atoms with E-state index in [2.05, 4.69) is 46.8 Å². The van der Waals surface area contributed by atoms with Crippen molar-refractivity contribution in [1.82, 2.24) is 0 Å². The van der Waals surface area contributed by atoms with Gasteiger partial charge in [0.25, 0.3) is 0 Å². The number of hydrogen-bond acceptors (Lipinski definition) is 0. The highest BCUT2D eigenvalue weighted by atomic mass is 14.7. The minimum Gasteiger partial charge on any atom is -0.0882 e. The maximum atomic E-state index is 2.47. The van der Waals surface area contributed by atoms with Gasteiger partial charge in [-0.05, 0) is 29.6 Å². The van der Waals surface area contributed by atoms with E-state index in [1.807, 2.05) is 0 Å². The Morgan fingerprint density at radius 1 is 1.21 bits per heavy atom. The topological polar surface area (TPSA) is 0 Å². The fourth-order valence-electron chi connectivity index (χ4n) is 2.91. The van der Waals surface area contributed by atoms with E-state index >= 15 is 0 Å². The van der Waals surface area contributed by atoms with Gasteiger partial charge in [-0.1, -0.05) is 59.6 Å². The molecular weight excluding hydrogens is 168 g/mol. The van der Waals surface area contributed by atoms with Crippen LogP contribution in [0.2, 0.25) is 0 Å². The van der Waals surface area contributed by atoms with Gasteiger partial charge in [0.05, 0.1) is 0 Å². The molecule has 0 N–H and O–H groups in total. The standard InChI is InChI=1S/C14H26/c1-6-8-10-13(4)12(3)14(13,5)11-9-7-2/h8,10,12H,6-7,9,11H2,1-5H3. The predicted octanol–water partition coefficient (Wildman–Crippen LogP) is 4.81. The van der Waals surface area contributed by atoms with Gasteiger partial charge in [0.1, 0.15) is 0 Å². The molecule has 82 valence electrons. The van der Waals surface area contributed by atoms with E-state index in [0.29, 0.717) is 10.8 Å². The van der Waals surface area contributed by atoms with E-state index in [1.165, 1.54) is 25.7 Å². The van der Waals surface area contributed by atoms with E-state index < -0.39 is 0 Å². The second kappa shape index (κ2) is 4.08. The van der Waals surface area contributed by atoms with Crippen LogP contribution in [-0.4, -0.2) is 0 Å². The third kappa shape index (κ3) is 1.64. The van der Waals surface area contributed by atoms with Gasteiger partial charge >= 0.3 is 0 Å². The molecular formula is C14H26. The Morgan fingerprint density at radius 2 is 1.86 bits per heavy atom. The van der Waals surface area contributed by atoms with Crippen LogP contribution in [0, 0.1) is 16.7 Å². The molecule has 0 aromatic rings. The zero-order valence-electron chi connectivity index (χ0n) is 10.6. The van der Waals surface area contributed by atoms with Crippen molar-refractivity contribution in [1.29, 1.82) is 0 Å². The van der Waals surface area contributed by atoms with Crippen molar-refractivity contribution in [2.75, 3.05) is 0 Å². The molecule has 0 amide bonds. The molecule has 0 aromatic heterocycles. The van der Waals surface area contributed by atoms with Crippen molar-refractivity contribution in [2.45, 2.75) is 60.3 Å². The minimum atomic E-state index is 0.484. The first-order valence-electron chi connectivity index (χ1n) is 6.20. The molecule has 0 heterocycles. The molecule has 1 rings (SSSR count). The van der Waals surface area contributed by atoms with Crippen LogP contribution in [0.1, 0.15) is 60.3 Å². The van der Waals surface area contributed by atoms with Gasteiger partial charge in [0.2, 0.25) is 0 Å². The Kier molecular flexibility index (Phi) is 3.44. The van der Waals surface area contributed by atoms with Gasteiger partial charge in [-0.15, -0.1) is 0 Å². The molecule has 0 nitrogen and oxygen atoms in total. The van der Waals surface area contributed by atoms with Crippen molar-refractivity contribution in [3.8, 4) is 0 Å². The summed E-state index contributed by atoms with van der Waals surface area (Å²) in [6, 6.07) is 0. The average Bonchev–Trinajstić information content (AvgIpc) is 2.60. The molecule has 1 aliphatic carbocycles. The van der Waals surface area contributed by atoms with Crippen LogP contribution in [0.5, 0.6) is 0 Å². The molecule has 3 unspecified atom stereocenters. The Labute approximate surface area is 89.8 Å². The van der Waals surface area contributed by atoms with E-state index in [0.717, 1.165) is 5.92 Å². The Balaban J connectivity index is 2.61. The highest BCUT2D eigenvalue weighted by Gasteiger charge is 2.65. The van der Waals surface area contributed by atoms with Gasteiger partial charge < -0.3 is 0 Å². The van der Waals surface area contributed by atoms with Crippen LogP contribution in [-0.2, 0) is 0 Å². The average molecular weight is 194 g/mol. The van der Waals surface area contributed by atoms with Gasteiger partial charge in [0, 0.05) is 0 Å². The summed E-state index contributed by atoms with van der Waals surface area (Å²) in [7, 11) is 0. The van der Waals surface area contributed by atoms with E-state index in [9.17, 15) is 0 Å². The molecule has 1 aliphatic rings. The number of hydrogen-bond donors (Lipinski definition) is 0. The van der Waals surface area contributed by atoms with Crippen LogP contribution in [0.4, 0.5) is 0 Å². The summed E-state index contributed by atoms with van der Waals surface area (Å²) in [4.78, 5) is 0. The predicted molar refractivity (Wildman–Crippen MR) is 64.3 cm³/mol. The lowest BCUT2D eigenvalue weighted by molar-refractivity contribution is 0.398. The van der Waals surface area contributed by atoms with Crippen LogP contribution in [0.3, 0.4) is 0 Å². The molecule has 0 aromatic carbocycles. The second-order valence-electron chi connectivity index (χ2n) is 5.34. The summed E-state index contributed by atoms with van der Waals surface area (Å²) in [6.07, 6.45) is 10.1. The zero-order valence-corrected chi connectivity index (χ0v) is 10.6. The van der Waals surface area contributed by atoms with Crippen molar-refractivity contribution < 1.29 is 0 Å². The molecule has 1 saturated carbocycles. The first-order chi connectivity index (χ1) is 6.53. The largest absolute Gasteiger partial charge is 0.0882 e. The molecule has 0 heteroatoms. The third-order valence-corrected chi connectivity index (χ3v) is 4.75. The first kappa shape index (κ1) is 11.8. The first-order valence-corrected chi connectivity index (χ1v) is 6.20. The Bertz CT molecular complexity index is 216. The van der Waals surface area contributed by atoms with E-state index in [4.69, 9.17) is 0 Å². The molecule has 0 saturated heterocycles. The van der Waals surface area contributed by atoms with E-state index in [1.54, 1.807) is 0 Å². The zero-order chi connectivity index (χ0) is 10.8. The lowest BCUT2D eigenvalue weighted by Gasteiger charge is -2.14. The summed E-state index contributed by atoms with van der Waals surface area (Å²) in [5.41, 5.74) is 1.06. The van der Waals surface area contributed by atoms with Crippen molar-refractivity contribution in [3.05, 3.63) is 12.2 Å². The van der Waals surface area contributed by atoms with Crippen LogP contribution >= 0.6 is 0 Å². The molecule has 0 radical (unpaired) electrons. The summed E-state index contributed by atoms with van der Waals surface area (Å²) >= 11 is 0. The van der Waals surface area contributed by atoms with Gasteiger partial charge in [-0.25, -0.2) is 0 Å². The normalized spacial score (nSPS) is 41.9. The maximum absolute atomic E-state index is 2.47. The van der Waals surface area contributed by atoms with E-state index in [-0.39, 0.29) is 0 Å². The Morgan fingerprint density at radius 3 is 2.36 bits per heavy atom. The van der Waals surface area contributed by atoms with Crippen molar-refractivity contribution in [2.24, 2.45) is 16.7 Å². The highest BCUT2D eigenvalue weighted by Crippen LogP contribution is 2.71. The number of rotatable bonds is 5. The molecule has 0 spiro atoms. The van der Waals surface area contributed by atoms with Gasteiger partial charge in [-0.2, -0.15) is 0 Å². The third-order valence-electron chi connectivity index (χ3n) is 4.75. The lowest BCUT2D eigenvalue weighted by Crippen LogP contribution is -2.04. The lowest BCUT2D eigenvalue weighted by atomic mass is 9.90. The Hall–Kier alpha value is -0.260. The van der Waals surface area contributed by atoms with Gasteiger partial charge in [-0.3, -0.25) is 0 Å². The summed E-state index contributed by atoms with van der Waals surface area (Å²) in [5.74, 6) is 0.865. The second-order valence-corrected chi connectivity index (χ2v) is 5.34. The molecule has 0 bridgehead atoms. The summed E-state index contributed by atoms with van der Waals surface area (Å²) in [6.45, 7) is 11.8. The monoisotopic (exact) mass is 194 g/mol. The minimum absolute atomic E-state index is 0.484. The smallest absolute Gasteiger partial charge is 0.00588 e. The molecule has 1 fully saturated rings. The maximum Gasteiger partial charge on any atom is -0.00588 e. The molecule has 14 heavy (non-hydrogen) atoms. The highest BCUT2D eigenvalue weighted by molar-refractivity contribution is 5.23. The fraction of sp³-hybridized carbons (Fsp3) is 0.857. The number of unbranched alkanes of at least 4 members (excludes halogenated alkanes) is 1. The van der Waals surface area contributed by atoms with Gasteiger partial charge in [0.15, 0.2) is 0 Å². The SMILES string of the molecule is CCC=CC1(C)C(C)C1(C)CCCC. The quantitative estimate of drug-likeness (QED) is 0.551. The molecule has 0 aliphatic heterocycles. The fourth-order valence-corrected chi connectivity index (χ4v) is 2.91. The summed E-state index contributed by atoms with van der Waals surface area (Å²) < 4.78 is 0. The van der Waals surface area contributed by atoms with Crippen LogP contribution in [0.25, 0.3) is 0 Å². The summed E-state index contributed by atoms with van der Waals surface area (Å²) in [5, 5.41) is 0. The van der Waals surface area contributed by atoms with Crippen LogP contribution < -0.4 is 0 Å². The van der Waals surface area contributed by atoms with Crippen molar-refractivity contribution in [3.63, 3.8) is 0 Å². The van der Waals surface area contributed by atoms with Crippen LogP contribution in [0.15, 0.2) is 12.2 Å². The van der Waals surface area contributed by atoms with Crippen molar-refractivity contribution >= 4 is 0 Å². The number of allylic oxidation sites excluding steroid dienone is 2. The molecule has 3 atom stereocenters.